The van der Waals surface area contributed by atoms with Crippen molar-refractivity contribution in [1.82, 2.24) is 0 Å². The zero-order valence-electron chi connectivity index (χ0n) is 17.1. The molecule has 7 nitrogen and oxygen atoms in total. The van der Waals surface area contributed by atoms with Crippen molar-refractivity contribution in [2.45, 2.75) is 18.4 Å². The fourth-order valence-corrected chi connectivity index (χ4v) is 3.64. The van der Waals surface area contributed by atoms with Crippen molar-refractivity contribution < 1.29 is 33.6 Å². The van der Waals surface area contributed by atoms with E-state index in [1.54, 1.807) is 52.7 Å². The van der Waals surface area contributed by atoms with Crippen LogP contribution in [0.5, 0.6) is 23.0 Å². The lowest BCUT2D eigenvalue weighted by Crippen LogP contribution is -2.44. The molecule has 0 aromatic heterocycles. The molecule has 0 aliphatic carbocycles. The van der Waals surface area contributed by atoms with Gasteiger partial charge in [-0.3, -0.25) is 0 Å². The highest BCUT2D eigenvalue weighted by atomic mass is 16.6. The number of hydrogen-bond donors (Lipinski definition) is 1. The molecule has 0 spiro atoms. The van der Waals surface area contributed by atoms with Gasteiger partial charge in [0.25, 0.3) is 0 Å². The summed E-state index contributed by atoms with van der Waals surface area (Å²) in [7, 11) is 6.23. The molecule has 0 bridgehead atoms. The van der Waals surface area contributed by atoms with Crippen molar-refractivity contribution in [3.63, 3.8) is 0 Å². The summed E-state index contributed by atoms with van der Waals surface area (Å²) >= 11 is 0. The van der Waals surface area contributed by atoms with Gasteiger partial charge in [-0.05, 0) is 41.8 Å². The smallest absolute Gasteiger partial charge is 0.338 e. The van der Waals surface area contributed by atoms with Gasteiger partial charge in [-0.1, -0.05) is 12.1 Å². The normalized spacial score (nSPS) is 20.9. The number of benzene rings is 2. The maximum Gasteiger partial charge on any atom is 0.338 e. The minimum Gasteiger partial charge on any atom is -0.493 e. The zero-order valence-corrected chi connectivity index (χ0v) is 17.1. The molecule has 1 saturated heterocycles. The summed E-state index contributed by atoms with van der Waals surface area (Å²) in [5.41, 5.74) is 0.0326. The summed E-state index contributed by atoms with van der Waals surface area (Å²) < 4.78 is 26.4. The first kappa shape index (κ1) is 20.8. The van der Waals surface area contributed by atoms with Crippen LogP contribution in [0.4, 0.5) is 0 Å². The third kappa shape index (κ3) is 4.10. The minimum atomic E-state index is -1.63. The van der Waals surface area contributed by atoms with Crippen molar-refractivity contribution in [3.05, 3.63) is 47.5 Å². The van der Waals surface area contributed by atoms with Crippen molar-refractivity contribution in [2.24, 2.45) is 5.92 Å². The number of rotatable bonds is 8. The summed E-state index contributed by atoms with van der Waals surface area (Å²) in [4.78, 5) is 12.4. The van der Waals surface area contributed by atoms with E-state index in [2.05, 4.69) is 0 Å². The summed E-state index contributed by atoms with van der Waals surface area (Å²) in [5.74, 6) is 1.32. The summed E-state index contributed by atoms with van der Waals surface area (Å²) in [5, 5.41) is 11.2. The molecule has 1 N–H and O–H groups in total. The van der Waals surface area contributed by atoms with Crippen LogP contribution in [0.25, 0.3) is 0 Å². The molecule has 1 aliphatic heterocycles. The third-order valence-corrected chi connectivity index (χ3v) is 5.30. The molecule has 2 aromatic carbocycles. The van der Waals surface area contributed by atoms with Crippen LogP contribution in [0.1, 0.15) is 11.1 Å². The van der Waals surface area contributed by atoms with E-state index in [0.29, 0.717) is 29.4 Å². The van der Waals surface area contributed by atoms with E-state index in [9.17, 15) is 9.90 Å². The van der Waals surface area contributed by atoms with Gasteiger partial charge in [0, 0.05) is 12.3 Å². The average molecular weight is 402 g/mol. The second-order valence-corrected chi connectivity index (χ2v) is 6.98. The Bertz CT molecular complexity index is 879. The lowest BCUT2D eigenvalue weighted by atomic mass is 9.81. The summed E-state index contributed by atoms with van der Waals surface area (Å²) in [6.45, 7) is 0.150. The van der Waals surface area contributed by atoms with Crippen molar-refractivity contribution in [1.29, 1.82) is 0 Å². The molecule has 2 aromatic rings. The number of carbonyl (C=O) groups is 1. The highest BCUT2D eigenvalue weighted by Gasteiger charge is 2.51. The van der Waals surface area contributed by atoms with Gasteiger partial charge in [0.1, 0.15) is 0 Å². The van der Waals surface area contributed by atoms with E-state index in [4.69, 9.17) is 23.7 Å². The summed E-state index contributed by atoms with van der Waals surface area (Å²) in [6, 6.07) is 10.9. The third-order valence-electron chi connectivity index (χ3n) is 5.30. The highest BCUT2D eigenvalue weighted by molar-refractivity contribution is 5.82. The monoisotopic (exact) mass is 402 g/mol. The number of cyclic esters (lactones) is 1. The standard InChI is InChI=1S/C22H26O7/c1-25-17-7-5-14(10-19(17)27-3)9-16-13-29-21(23)22(16,24)12-15-6-8-18(26-2)20(11-15)28-4/h5-8,10-11,16,24H,9,12-13H2,1-4H3/t16-,22-/m0/s1. The van der Waals surface area contributed by atoms with Crippen LogP contribution in [0.3, 0.4) is 0 Å². The largest absolute Gasteiger partial charge is 0.493 e. The van der Waals surface area contributed by atoms with Crippen LogP contribution in [0.15, 0.2) is 36.4 Å². The Morgan fingerprint density at radius 3 is 1.97 bits per heavy atom. The molecule has 0 radical (unpaired) electrons. The Hall–Kier alpha value is -2.93. The molecule has 1 aliphatic rings. The Balaban J connectivity index is 1.84. The predicted octanol–water partition coefficient (Wildman–Crippen LogP) is 2.41. The van der Waals surface area contributed by atoms with E-state index in [1.165, 1.54) is 0 Å². The van der Waals surface area contributed by atoms with E-state index in [0.717, 1.165) is 11.1 Å². The van der Waals surface area contributed by atoms with Crippen LogP contribution in [0, 0.1) is 5.92 Å². The number of methoxy groups -OCH3 is 4. The molecular weight excluding hydrogens is 376 g/mol. The molecule has 2 atom stereocenters. The van der Waals surface area contributed by atoms with Gasteiger partial charge in [0.2, 0.25) is 0 Å². The van der Waals surface area contributed by atoms with E-state index < -0.39 is 17.5 Å². The fourth-order valence-electron chi connectivity index (χ4n) is 3.64. The minimum absolute atomic E-state index is 0.115. The SMILES string of the molecule is COc1ccc(C[C@H]2COC(=O)[C@]2(O)Cc2ccc(OC)c(OC)c2)cc1OC. The van der Waals surface area contributed by atoms with Gasteiger partial charge in [0.15, 0.2) is 28.6 Å². The molecular formula is C22H26O7. The fraction of sp³-hybridized carbons (Fsp3) is 0.409. The van der Waals surface area contributed by atoms with Crippen molar-refractivity contribution in [3.8, 4) is 23.0 Å². The zero-order chi connectivity index (χ0) is 21.0. The first-order valence-electron chi connectivity index (χ1n) is 9.26. The molecule has 1 heterocycles. The number of hydrogen-bond acceptors (Lipinski definition) is 7. The first-order chi connectivity index (χ1) is 13.9. The lowest BCUT2D eigenvalue weighted by molar-refractivity contribution is -0.154. The molecule has 0 amide bonds. The number of ether oxygens (including phenoxy) is 5. The van der Waals surface area contributed by atoms with Gasteiger partial charge in [-0.15, -0.1) is 0 Å². The Kier molecular flexibility index (Phi) is 6.17. The Morgan fingerprint density at radius 2 is 1.41 bits per heavy atom. The average Bonchev–Trinajstić information content (AvgIpc) is 3.01. The number of carbonyl (C=O) groups excluding carboxylic acids is 1. The topological polar surface area (TPSA) is 83.5 Å². The molecule has 0 unspecified atom stereocenters. The predicted molar refractivity (Wildman–Crippen MR) is 106 cm³/mol. The van der Waals surface area contributed by atoms with E-state index >= 15 is 0 Å². The molecule has 29 heavy (non-hydrogen) atoms. The molecule has 156 valence electrons. The van der Waals surface area contributed by atoms with E-state index in [1.807, 2.05) is 12.1 Å². The van der Waals surface area contributed by atoms with Crippen LogP contribution in [-0.4, -0.2) is 51.7 Å². The number of aliphatic hydroxyl groups is 1. The molecule has 3 rings (SSSR count). The van der Waals surface area contributed by atoms with Crippen LogP contribution in [-0.2, 0) is 22.4 Å². The Labute approximate surface area is 170 Å². The number of esters is 1. The second-order valence-electron chi connectivity index (χ2n) is 6.98. The van der Waals surface area contributed by atoms with Gasteiger partial charge in [-0.2, -0.15) is 0 Å². The van der Waals surface area contributed by atoms with Crippen LogP contribution < -0.4 is 18.9 Å². The van der Waals surface area contributed by atoms with Gasteiger partial charge in [-0.25, -0.2) is 4.79 Å². The first-order valence-corrected chi connectivity index (χ1v) is 9.26. The Morgan fingerprint density at radius 1 is 0.897 bits per heavy atom. The highest BCUT2D eigenvalue weighted by Crippen LogP contribution is 2.37. The van der Waals surface area contributed by atoms with Crippen LogP contribution in [0.2, 0.25) is 0 Å². The maximum absolute atomic E-state index is 12.4. The van der Waals surface area contributed by atoms with Gasteiger partial charge >= 0.3 is 5.97 Å². The molecule has 7 heteroatoms. The lowest BCUT2D eigenvalue weighted by Gasteiger charge is -2.26. The van der Waals surface area contributed by atoms with Crippen LogP contribution >= 0.6 is 0 Å². The van der Waals surface area contributed by atoms with Gasteiger partial charge in [0.05, 0.1) is 35.0 Å². The van der Waals surface area contributed by atoms with Crippen molar-refractivity contribution >= 4 is 5.97 Å². The second kappa shape index (κ2) is 8.61. The molecule has 0 saturated carbocycles. The molecule has 1 fully saturated rings. The quantitative estimate of drug-likeness (QED) is 0.679. The maximum atomic E-state index is 12.4. The van der Waals surface area contributed by atoms with Crippen molar-refractivity contribution in [2.75, 3.05) is 35.0 Å². The van der Waals surface area contributed by atoms with E-state index in [-0.39, 0.29) is 13.0 Å². The summed E-state index contributed by atoms with van der Waals surface area (Å²) in [6.07, 6.45) is 0.569. The van der Waals surface area contributed by atoms with Gasteiger partial charge < -0.3 is 28.8 Å².